The normalized spacial score (nSPS) is 28.7. The van der Waals surface area contributed by atoms with Crippen molar-refractivity contribution in [3.8, 4) is 0 Å². The molecule has 5 rings (SSSR count). The number of hydrogen-bond acceptors (Lipinski definition) is 6. The van der Waals surface area contributed by atoms with Crippen LogP contribution in [0.25, 0.3) is 11.0 Å². The van der Waals surface area contributed by atoms with Gasteiger partial charge in [-0.15, -0.1) is 0 Å². The molecule has 1 aliphatic heterocycles. The zero-order chi connectivity index (χ0) is 19.6. The van der Waals surface area contributed by atoms with Gasteiger partial charge in [-0.2, -0.15) is 4.98 Å². The first kappa shape index (κ1) is 17.7. The smallest absolute Gasteiger partial charge is 0.247 e. The topological polar surface area (TPSA) is 108 Å². The third-order valence-corrected chi connectivity index (χ3v) is 5.77. The number of pyridine rings is 1. The number of nitrogens with zero attached hydrogens (tertiary/aromatic N) is 3. The maximum Gasteiger partial charge on any atom is 0.247 e. The van der Waals surface area contributed by atoms with Gasteiger partial charge >= 0.3 is 0 Å². The molecule has 0 bridgehead atoms. The van der Waals surface area contributed by atoms with Gasteiger partial charge < -0.3 is 24.8 Å². The van der Waals surface area contributed by atoms with Gasteiger partial charge in [-0.3, -0.25) is 4.79 Å². The fourth-order valence-corrected chi connectivity index (χ4v) is 4.67. The Bertz CT molecular complexity index is 1100. The van der Waals surface area contributed by atoms with E-state index in [1.165, 1.54) is 6.07 Å². The molecule has 0 spiro atoms. The number of nitrogens with one attached hydrogen (secondary N) is 1. The largest absolute Gasteiger partial charge is 0.383 e. The van der Waals surface area contributed by atoms with E-state index >= 15 is 0 Å². The van der Waals surface area contributed by atoms with Gasteiger partial charge in [0.15, 0.2) is 5.79 Å². The first-order valence-electron chi connectivity index (χ1n) is 9.16. The SMILES string of the molecule is CC1(C)O[C@@H]2[C@H](O1)[C@@H](c1ccc(=O)[nH]c1)C[C@H]2n1ccc2c(N)nc(Cl)nc21. The molecule has 8 nitrogen and oxygen atoms in total. The summed E-state index contributed by atoms with van der Waals surface area (Å²) < 4.78 is 14.6. The van der Waals surface area contributed by atoms with E-state index in [0.29, 0.717) is 11.5 Å². The van der Waals surface area contributed by atoms with E-state index < -0.39 is 5.79 Å². The van der Waals surface area contributed by atoms with E-state index in [1.807, 2.05) is 36.7 Å². The van der Waals surface area contributed by atoms with Gasteiger partial charge in [-0.05, 0) is 43.5 Å². The summed E-state index contributed by atoms with van der Waals surface area (Å²) in [5, 5.41) is 0.868. The van der Waals surface area contributed by atoms with Crippen molar-refractivity contribution >= 4 is 28.5 Å². The van der Waals surface area contributed by atoms with Crippen LogP contribution in [0.1, 0.15) is 37.8 Å². The minimum atomic E-state index is -0.691. The molecule has 3 aromatic heterocycles. The van der Waals surface area contributed by atoms with Crippen molar-refractivity contribution in [1.82, 2.24) is 19.5 Å². The van der Waals surface area contributed by atoms with Crippen LogP contribution in [0.4, 0.5) is 5.82 Å². The van der Waals surface area contributed by atoms with Crippen LogP contribution in [0, 0.1) is 0 Å². The fourth-order valence-electron chi connectivity index (χ4n) is 4.50. The number of ether oxygens (including phenoxy) is 2. The monoisotopic (exact) mass is 401 g/mol. The second-order valence-corrected chi connectivity index (χ2v) is 8.14. The van der Waals surface area contributed by atoms with Crippen LogP contribution in [-0.2, 0) is 9.47 Å². The van der Waals surface area contributed by atoms with E-state index in [0.717, 1.165) is 17.4 Å². The molecule has 2 aliphatic rings. The molecule has 2 fully saturated rings. The Labute approximate surface area is 165 Å². The van der Waals surface area contributed by atoms with Gasteiger partial charge in [0, 0.05) is 24.4 Å². The molecule has 146 valence electrons. The summed E-state index contributed by atoms with van der Waals surface area (Å²) in [5.74, 6) is -0.270. The van der Waals surface area contributed by atoms with E-state index in [2.05, 4.69) is 15.0 Å². The molecular weight excluding hydrogens is 382 g/mol. The summed E-state index contributed by atoms with van der Waals surface area (Å²) in [6.07, 6.45) is 4.15. The highest BCUT2D eigenvalue weighted by Crippen LogP contribution is 2.51. The summed E-state index contributed by atoms with van der Waals surface area (Å²) in [5.41, 5.74) is 7.58. The van der Waals surface area contributed by atoms with Crippen molar-refractivity contribution in [1.29, 1.82) is 0 Å². The second-order valence-electron chi connectivity index (χ2n) is 7.80. The Morgan fingerprint density at radius 3 is 2.79 bits per heavy atom. The number of aromatic amines is 1. The maximum atomic E-state index is 11.5. The van der Waals surface area contributed by atoms with Crippen molar-refractivity contribution in [3.63, 3.8) is 0 Å². The highest BCUT2D eigenvalue weighted by molar-refractivity contribution is 6.28. The minimum Gasteiger partial charge on any atom is -0.383 e. The van der Waals surface area contributed by atoms with E-state index in [1.54, 1.807) is 6.20 Å². The molecule has 0 unspecified atom stereocenters. The van der Waals surface area contributed by atoms with E-state index in [4.69, 9.17) is 26.8 Å². The molecular formula is C19H20ClN5O3. The van der Waals surface area contributed by atoms with Crippen LogP contribution in [0.15, 0.2) is 35.4 Å². The predicted octanol–water partition coefficient (Wildman–Crippen LogP) is 2.60. The van der Waals surface area contributed by atoms with Gasteiger partial charge in [0.25, 0.3) is 0 Å². The summed E-state index contributed by atoms with van der Waals surface area (Å²) in [6, 6.07) is 5.26. The lowest BCUT2D eigenvalue weighted by Crippen LogP contribution is -2.27. The molecule has 0 amide bonds. The molecule has 3 N–H and O–H groups in total. The van der Waals surface area contributed by atoms with Gasteiger partial charge in [-0.25, -0.2) is 4.98 Å². The number of hydrogen-bond donors (Lipinski definition) is 2. The number of anilines is 1. The van der Waals surface area contributed by atoms with Gasteiger partial charge in [-0.1, -0.05) is 6.07 Å². The Kier molecular flexibility index (Phi) is 3.81. The zero-order valence-corrected chi connectivity index (χ0v) is 16.2. The second kappa shape index (κ2) is 6.04. The summed E-state index contributed by atoms with van der Waals surface area (Å²) >= 11 is 6.05. The molecule has 1 aliphatic carbocycles. The third kappa shape index (κ3) is 2.71. The predicted molar refractivity (Wildman–Crippen MR) is 104 cm³/mol. The Morgan fingerprint density at radius 1 is 1.25 bits per heavy atom. The van der Waals surface area contributed by atoms with Gasteiger partial charge in [0.2, 0.25) is 10.8 Å². The number of H-pyrrole nitrogens is 1. The van der Waals surface area contributed by atoms with Crippen LogP contribution in [0.5, 0.6) is 0 Å². The van der Waals surface area contributed by atoms with Crippen LogP contribution in [-0.4, -0.2) is 37.5 Å². The molecule has 4 atom stereocenters. The lowest BCUT2D eigenvalue weighted by Gasteiger charge is -2.24. The third-order valence-electron chi connectivity index (χ3n) is 5.60. The van der Waals surface area contributed by atoms with Crippen LogP contribution >= 0.6 is 11.6 Å². The Morgan fingerprint density at radius 2 is 2.04 bits per heavy atom. The average molecular weight is 402 g/mol. The van der Waals surface area contributed by atoms with Crippen LogP contribution < -0.4 is 11.3 Å². The van der Waals surface area contributed by atoms with E-state index in [-0.39, 0.29) is 35.0 Å². The number of fused-ring (bicyclic) bond motifs is 2. The molecule has 1 saturated heterocycles. The zero-order valence-electron chi connectivity index (χ0n) is 15.4. The molecule has 3 aromatic rings. The summed E-state index contributed by atoms with van der Waals surface area (Å²) in [4.78, 5) is 22.7. The number of nitrogens with two attached hydrogens (primary N) is 1. The van der Waals surface area contributed by atoms with Gasteiger partial charge in [0.05, 0.1) is 17.5 Å². The molecule has 0 aromatic carbocycles. The molecule has 28 heavy (non-hydrogen) atoms. The Balaban J connectivity index is 1.60. The van der Waals surface area contributed by atoms with Gasteiger partial charge in [0.1, 0.15) is 17.6 Å². The number of aromatic nitrogens is 4. The molecule has 4 heterocycles. The lowest BCUT2D eigenvalue weighted by atomic mass is 9.97. The van der Waals surface area contributed by atoms with Crippen molar-refractivity contribution in [2.75, 3.05) is 5.73 Å². The first-order valence-corrected chi connectivity index (χ1v) is 9.54. The number of nitrogen functional groups attached to an aromatic ring is 1. The number of halogens is 1. The average Bonchev–Trinajstić information content (AvgIpc) is 3.26. The fraction of sp³-hybridized carbons (Fsp3) is 0.421. The number of rotatable bonds is 2. The first-order chi connectivity index (χ1) is 13.3. The van der Waals surface area contributed by atoms with Crippen molar-refractivity contribution in [2.45, 2.75) is 50.2 Å². The van der Waals surface area contributed by atoms with Crippen molar-refractivity contribution in [3.05, 3.63) is 51.8 Å². The standard InChI is InChI=1S/C19H20ClN5O3/c1-19(2)27-14-11(9-3-4-13(26)22-8-9)7-12(15(14)28-19)25-6-5-10-16(21)23-18(20)24-17(10)25/h3-6,8,11-12,14-15H,7H2,1-2H3,(H,22,26)(H2,21,23,24)/t11-,12-,14-,15+/m1/s1. The summed E-state index contributed by atoms with van der Waals surface area (Å²) in [7, 11) is 0. The van der Waals surface area contributed by atoms with Crippen LogP contribution in [0.2, 0.25) is 5.28 Å². The summed E-state index contributed by atoms with van der Waals surface area (Å²) in [6.45, 7) is 3.83. The van der Waals surface area contributed by atoms with Crippen molar-refractivity contribution in [2.24, 2.45) is 0 Å². The molecule has 1 saturated carbocycles. The van der Waals surface area contributed by atoms with Crippen LogP contribution in [0.3, 0.4) is 0 Å². The highest BCUT2D eigenvalue weighted by atomic mass is 35.5. The molecule has 0 radical (unpaired) electrons. The highest BCUT2D eigenvalue weighted by Gasteiger charge is 2.55. The van der Waals surface area contributed by atoms with E-state index in [9.17, 15) is 4.79 Å². The Hall–Kier alpha value is -2.42. The quantitative estimate of drug-likeness (QED) is 0.639. The van der Waals surface area contributed by atoms with Crippen molar-refractivity contribution < 1.29 is 9.47 Å². The maximum absolute atomic E-state index is 11.5. The lowest BCUT2D eigenvalue weighted by molar-refractivity contribution is -0.157. The minimum absolute atomic E-state index is 0.0217. The molecule has 9 heteroatoms.